The molecule has 0 fully saturated rings. The Labute approximate surface area is 117 Å². The van der Waals surface area contributed by atoms with Crippen LogP contribution in [0.2, 0.25) is 0 Å². The zero-order chi connectivity index (χ0) is 13.2. The van der Waals surface area contributed by atoms with Gasteiger partial charge in [0.25, 0.3) is 0 Å². The molecule has 0 aliphatic rings. The number of rotatable bonds is 10. The standard InChI is InChI=1S/C16H29NS/c1-4-7-8-9-10-14(17-6-3)13-16-12-11-15(5-2)18-16/h11-12,14,17H,4-10,13H2,1-3H3. The van der Waals surface area contributed by atoms with Crippen molar-refractivity contribution in [1.82, 2.24) is 5.32 Å². The largest absolute Gasteiger partial charge is 0.314 e. The van der Waals surface area contributed by atoms with Crippen LogP contribution in [-0.4, -0.2) is 12.6 Å². The van der Waals surface area contributed by atoms with Crippen LogP contribution in [0.25, 0.3) is 0 Å². The fourth-order valence-corrected chi connectivity index (χ4v) is 3.39. The van der Waals surface area contributed by atoms with Crippen LogP contribution < -0.4 is 5.32 Å². The van der Waals surface area contributed by atoms with Crippen LogP contribution in [0.3, 0.4) is 0 Å². The van der Waals surface area contributed by atoms with Gasteiger partial charge in [-0.3, -0.25) is 0 Å². The van der Waals surface area contributed by atoms with Gasteiger partial charge in [0.15, 0.2) is 0 Å². The van der Waals surface area contributed by atoms with E-state index in [0.717, 1.165) is 6.54 Å². The Morgan fingerprint density at radius 2 is 1.83 bits per heavy atom. The van der Waals surface area contributed by atoms with Gasteiger partial charge in [-0.1, -0.05) is 46.5 Å². The van der Waals surface area contributed by atoms with E-state index in [4.69, 9.17) is 0 Å². The average molecular weight is 267 g/mol. The van der Waals surface area contributed by atoms with Gasteiger partial charge in [0.05, 0.1) is 0 Å². The summed E-state index contributed by atoms with van der Waals surface area (Å²) in [6.45, 7) is 7.82. The summed E-state index contributed by atoms with van der Waals surface area (Å²) in [5, 5.41) is 3.64. The molecule has 1 aromatic heterocycles. The summed E-state index contributed by atoms with van der Waals surface area (Å²) in [6, 6.07) is 5.29. The van der Waals surface area contributed by atoms with Gasteiger partial charge < -0.3 is 5.32 Å². The number of aryl methyl sites for hydroxylation is 1. The summed E-state index contributed by atoms with van der Waals surface area (Å²) in [5.74, 6) is 0. The van der Waals surface area contributed by atoms with Crippen LogP contribution in [0.15, 0.2) is 12.1 Å². The number of unbranched alkanes of at least 4 members (excludes halogenated alkanes) is 3. The fraction of sp³-hybridized carbons (Fsp3) is 0.750. The summed E-state index contributed by atoms with van der Waals surface area (Å²) >= 11 is 1.99. The number of thiophene rings is 1. The van der Waals surface area contributed by atoms with Crippen molar-refractivity contribution in [3.63, 3.8) is 0 Å². The van der Waals surface area contributed by atoms with E-state index in [-0.39, 0.29) is 0 Å². The van der Waals surface area contributed by atoms with Crippen LogP contribution >= 0.6 is 11.3 Å². The van der Waals surface area contributed by atoms with Crippen LogP contribution in [0.5, 0.6) is 0 Å². The highest BCUT2D eigenvalue weighted by Gasteiger charge is 2.09. The van der Waals surface area contributed by atoms with E-state index in [1.807, 2.05) is 11.3 Å². The Hall–Kier alpha value is -0.340. The molecule has 1 heterocycles. The lowest BCUT2D eigenvalue weighted by Gasteiger charge is -2.17. The molecular formula is C16H29NS. The maximum atomic E-state index is 3.64. The van der Waals surface area contributed by atoms with E-state index in [2.05, 4.69) is 38.2 Å². The zero-order valence-corrected chi connectivity index (χ0v) is 13.1. The Bertz CT molecular complexity index is 306. The molecule has 18 heavy (non-hydrogen) atoms. The summed E-state index contributed by atoms with van der Waals surface area (Å²) in [6.07, 6.45) is 9.19. The van der Waals surface area contributed by atoms with Crippen molar-refractivity contribution in [3.8, 4) is 0 Å². The van der Waals surface area contributed by atoms with Gasteiger partial charge in [0, 0.05) is 15.8 Å². The third-order valence-electron chi connectivity index (χ3n) is 3.41. The maximum Gasteiger partial charge on any atom is 0.0115 e. The Morgan fingerprint density at radius 3 is 2.44 bits per heavy atom. The van der Waals surface area contributed by atoms with Crippen molar-refractivity contribution in [2.24, 2.45) is 0 Å². The van der Waals surface area contributed by atoms with Gasteiger partial charge in [0.2, 0.25) is 0 Å². The number of hydrogen-bond donors (Lipinski definition) is 1. The van der Waals surface area contributed by atoms with E-state index >= 15 is 0 Å². The van der Waals surface area contributed by atoms with Crippen molar-refractivity contribution < 1.29 is 0 Å². The molecule has 1 N–H and O–H groups in total. The molecule has 0 aromatic carbocycles. The van der Waals surface area contributed by atoms with Crippen molar-refractivity contribution in [3.05, 3.63) is 21.9 Å². The van der Waals surface area contributed by atoms with Gasteiger partial charge in [-0.25, -0.2) is 0 Å². The van der Waals surface area contributed by atoms with Crippen molar-refractivity contribution in [2.75, 3.05) is 6.54 Å². The molecule has 2 heteroatoms. The molecule has 0 amide bonds. The van der Waals surface area contributed by atoms with Crippen LogP contribution in [0, 0.1) is 0 Å². The van der Waals surface area contributed by atoms with E-state index in [1.54, 1.807) is 4.88 Å². The van der Waals surface area contributed by atoms with E-state index < -0.39 is 0 Å². The van der Waals surface area contributed by atoms with Crippen molar-refractivity contribution >= 4 is 11.3 Å². The lowest BCUT2D eigenvalue weighted by molar-refractivity contribution is 0.465. The monoisotopic (exact) mass is 267 g/mol. The second kappa shape index (κ2) is 9.57. The Balaban J connectivity index is 2.36. The van der Waals surface area contributed by atoms with Crippen molar-refractivity contribution in [2.45, 2.75) is 71.8 Å². The summed E-state index contributed by atoms with van der Waals surface area (Å²) in [4.78, 5) is 3.07. The molecule has 0 radical (unpaired) electrons. The predicted molar refractivity (Wildman–Crippen MR) is 83.6 cm³/mol. The van der Waals surface area contributed by atoms with Gasteiger partial charge >= 0.3 is 0 Å². The molecule has 0 aliphatic carbocycles. The third-order valence-corrected chi connectivity index (χ3v) is 4.66. The second-order valence-electron chi connectivity index (χ2n) is 5.03. The molecule has 0 saturated heterocycles. The van der Waals surface area contributed by atoms with Crippen LogP contribution in [0.4, 0.5) is 0 Å². The average Bonchev–Trinajstić information content (AvgIpc) is 2.82. The quantitative estimate of drug-likeness (QED) is 0.600. The minimum atomic E-state index is 0.676. The van der Waals surface area contributed by atoms with E-state index in [9.17, 15) is 0 Å². The number of hydrogen-bond acceptors (Lipinski definition) is 2. The number of likely N-dealkylation sites (N-methyl/N-ethyl adjacent to an activating group) is 1. The summed E-state index contributed by atoms with van der Waals surface area (Å²) in [5.41, 5.74) is 0. The molecule has 104 valence electrons. The highest BCUT2D eigenvalue weighted by molar-refractivity contribution is 7.11. The first-order valence-corrected chi connectivity index (χ1v) is 8.42. The van der Waals surface area contributed by atoms with Crippen LogP contribution in [-0.2, 0) is 12.8 Å². The first-order valence-electron chi connectivity index (χ1n) is 7.61. The topological polar surface area (TPSA) is 12.0 Å². The lowest BCUT2D eigenvalue weighted by Crippen LogP contribution is -2.30. The van der Waals surface area contributed by atoms with E-state index in [0.29, 0.717) is 6.04 Å². The molecule has 1 atom stereocenters. The Morgan fingerprint density at radius 1 is 1.06 bits per heavy atom. The summed E-state index contributed by atoms with van der Waals surface area (Å²) in [7, 11) is 0. The normalized spacial score (nSPS) is 12.8. The second-order valence-corrected chi connectivity index (χ2v) is 6.28. The van der Waals surface area contributed by atoms with Gasteiger partial charge in [-0.15, -0.1) is 11.3 Å². The Kier molecular flexibility index (Phi) is 8.36. The van der Waals surface area contributed by atoms with Gasteiger partial charge in [-0.2, -0.15) is 0 Å². The molecule has 1 unspecified atom stereocenters. The van der Waals surface area contributed by atoms with Gasteiger partial charge in [-0.05, 0) is 37.9 Å². The molecule has 0 saturated carbocycles. The summed E-state index contributed by atoms with van der Waals surface area (Å²) < 4.78 is 0. The molecule has 1 aromatic rings. The van der Waals surface area contributed by atoms with Crippen molar-refractivity contribution in [1.29, 1.82) is 0 Å². The molecule has 1 rings (SSSR count). The minimum absolute atomic E-state index is 0.676. The maximum absolute atomic E-state index is 3.64. The molecule has 0 bridgehead atoms. The highest BCUT2D eigenvalue weighted by Crippen LogP contribution is 2.20. The SMILES string of the molecule is CCCCCCC(Cc1ccc(CC)s1)NCC. The third kappa shape index (κ3) is 6.01. The number of nitrogens with one attached hydrogen (secondary N) is 1. The smallest absolute Gasteiger partial charge is 0.0115 e. The highest BCUT2D eigenvalue weighted by atomic mass is 32.1. The first-order chi connectivity index (χ1) is 8.80. The van der Waals surface area contributed by atoms with E-state index in [1.165, 1.54) is 49.8 Å². The first kappa shape index (κ1) is 15.7. The van der Waals surface area contributed by atoms with Crippen LogP contribution in [0.1, 0.15) is 62.6 Å². The molecular weight excluding hydrogens is 238 g/mol. The lowest BCUT2D eigenvalue weighted by atomic mass is 10.0. The zero-order valence-electron chi connectivity index (χ0n) is 12.3. The predicted octanol–water partition coefficient (Wildman–Crippen LogP) is 4.80. The van der Waals surface area contributed by atoms with Gasteiger partial charge in [0.1, 0.15) is 0 Å². The minimum Gasteiger partial charge on any atom is -0.314 e. The molecule has 1 nitrogen and oxygen atoms in total. The molecule has 0 spiro atoms. The molecule has 0 aliphatic heterocycles. The fourth-order valence-electron chi connectivity index (χ4n) is 2.35.